The zero-order chi connectivity index (χ0) is 19.8. The molecule has 0 unspecified atom stereocenters. The zero-order valence-corrected chi connectivity index (χ0v) is 16.5. The molecule has 29 heavy (non-hydrogen) atoms. The molecule has 1 aliphatic carbocycles. The van der Waals surface area contributed by atoms with Crippen LogP contribution in [0.15, 0.2) is 66.9 Å². The molecular weight excluding hydrogens is 360 g/mol. The van der Waals surface area contributed by atoms with Gasteiger partial charge >= 0.3 is 0 Å². The zero-order valence-electron chi connectivity index (χ0n) is 16.5. The summed E-state index contributed by atoms with van der Waals surface area (Å²) in [5.41, 5.74) is 5.16. The van der Waals surface area contributed by atoms with Crippen molar-refractivity contribution in [3.05, 3.63) is 83.6 Å². The normalized spacial score (nSPS) is 18.6. The third kappa shape index (κ3) is 3.39. The quantitative estimate of drug-likeness (QED) is 0.717. The van der Waals surface area contributed by atoms with Gasteiger partial charge in [-0.05, 0) is 60.7 Å². The van der Waals surface area contributed by atoms with Gasteiger partial charge < -0.3 is 10.1 Å². The Labute approximate surface area is 170 Å². The Morgan fingerprint density at radius 2 is 1.97 bits per heavy atom. The van der Waals surface area contributed by atoms with Gasteiger partial charge in [-0.25, -0.2) is 0 Å². The van der Waals surface area contributed by atoms with Crippen molar-refractivity contribution in [3.8, 4) is 17.0 Å². The fourth-order valence-electron chi connectivity index (χ4n) is 4.14. The van der Waals surface area contributed by atoms with Gasteiger partial charge in [0.1, 0.15) is 11.9 Å². The van der Waals surface area contributed by atoms with Crippen LogP contribution in [0.4, 0.5) is 0 Å². The number of hydrogen-bond donors (Lipinski definition) is 1. The first-order chi connectivity index (χ1) is 14.1. The van der Waals surface area contributed by atoms with E-state index in [1.165, 1.54) is 5.56 Å². The van der Waals surface area contributed by atoms with E-state index in [1.807, 2.05) is 49.5 Å². The molecule has 1 aromatic heterocycles. The van der Waals surface area contributed by atoms with Crippen molar-refractivity contribution >= 4 is 5.91 Å². The average Bonchev–Trinajstić information content (AvgIpc) is 3.47. The standard InChI is InChI=1S/C25H24N2O2/c1-17-7-9-22(26-15-17)18-8-10-23-19(13-18)14-21(29-23)16-27-24(28)25(11-12-25)20-5-3-2-4-6-20/h2-10,13,15,21H,11-12,14,16H2,1H3,(H,27,28)/t21-/m0/s1. The number of nitrogens with zero attached hydrogens (tertiary/aromatic N) is 1. The van der Waals surface area contributed by atoms with Gasteiger partial charge in [0.15, 0.2) is 0 Å². The van der Waals surface area contributed by atoms with Crippen LogP contribution < -0.4 is 10.1 Å². The van der Waals surface area contributed by atoms with Crippen LogP contribution in [-0.2, 0) is 16.6 Å². The van der Waals surface area contributed by atoms with Crippen LogP contribution >= 0.6 is 0 Å². The number of nitrogens with one attached hydrogen (secondary N) is 1. The lowest BCUT2D eigenvalue weighted by Gasteiger charge is -2.18. The molecule has 2 aliphatic rings. The summed E-state index contributed by atoms with van der Waals surface area (Å²) in [5.74, 6) is 1.03. The Hall–Kier alpha value is -3.14. The van der Waals surface area contributed by atoms with Crippen molar-refractivity contribution in [1.29, 1.82) is 0 Å². The highest BCUT2D eigenvalue weighted by Gasteiger charge is 2.51. The number of fused-ring (bicyclic) bond motifs is 1. The minimum Gasteiger partial charge on any atom is -0.488 e. The Morgan fingerprint density at radius 1 is 1.14 bits per heavy atom. The molecule has 1 fully saturated rings. The summed E-state index contributed by atoms with van der Waals surface area (Å²) in [7, 11) is 0. The van der Waals surface area contributed by atoms with Gasteiger partial charge in [-0.3, -0.25) is 9.78 Å². The fourth-order valence-corrected chi connectivity index (χ4v) is 4.14. The first-order valence-electron chi connectivity index (χ1n) is 10.2. The molecule has 3 aromatic rings. The smallest absolute Gasteiger partial charge is 0.230 e. The number of aromatic nitrogens is 1. The maximum atomic E-state index is 12.8. The van der Waals surface area contributed by atoms with Gasteiger partial charge in [-0.1, -0.05) is 36.4 Å². The highest BCUT2D eigenvalue weighted by Crippen LogP contribution is 2.48. The van der Waals surface area contributed by atoms with E-state index in [9.17, 15) is 4.79 Å². The number of carbonyl (C=O) groups is 1. The average molecular weight is 384 g/mol. The predicted octanol–water partition coefficient (Wildman–Crippen LogP) is 4.21. The highest BCUT2D eigenvalue weighted by atomic mass is 16.5. The summed E-state index contributed by atoms with van der Waals surface area (Å²) in [6.07, 6.45) is 4.50. The third-order valence-electron chi connectivity index (χ3n) is 6.01. The van der Waals surface area contributed by atoms with E-state index in [0.29, 0.717) is 6.54 Å². The van der Waals surface area contributed by atoms with Gasteiger partial charge in [0, 0.05) is 18.2 Å². The molecule has 1 atom stereocenters. The van der Waals surface area contributed by atoms with Gasteiger partial charge in [0.05, 0.1) is 17.7 Å². The maximum Gasteiger partial charge on any atom is 0.230 e. The first-order valence-corrected chi connectivity index (χ1v) is 10.2. The van der Waals surface area contributed by atoms with E-state index in [4.69, 9.17) is 4.74 Å². The first kappa shape index (κ1) is 17.9. The van der Waals surface area contributed by atoms with Crippen LogP contribution in [0.3, 0.4) is 0 Å². The van der Waals surface area contributed by atoms with E-state index in [0.717, 1.165) is 47.4 Å². The topological polar surface area (TPSA) is 51.2 Å². The Morgan fingerprint density at radius 3 is 2.69 bits per heavy atom. The molecule has 4 nitrogen and oxygen atoms in total. The minimum atomic E-state index is -0.336. The molecule has 1 N–H and O–H groups in total. The van der Waals surface area contributed by atoms with Crippen molar-refractivity contribution < 1.29 is 9.53 Å². The maximum absolute atomic E-state index is 12.8. The summed E-state index contributed by atoms with van der Waals surface area (Å²) < 4.78 is 6.07. The Bertz CT molecular complexity index is 1040. The minimum absolute atomic E-state index is 0.0262. The van der Waals surface area contributed by atoms with Gasteiger partial charge in [0.2, 0.25) is 5.91 Å². The molecule has 4 heteroatoms. The van der Waals surface area contributed by atoms with E-state index in [-0.39, 0.29) is 17.4 Å². The monoisotopic (exact) mass is 384 g/mol. The molecule has 2 heterocycles. The number of ether oxygens (including phenoxy) is 1. The summed E-state index contributed by atoms with van der Waals surface area (Å²) >= 11 is 0. The predicted molar refractivity (Wildman–Crippen MR) is 113 cm³/mol. The van der Waals surface area contributed by atoms with Gasteiger partial charge in [-0.2, -0.15) is 0 Å². The lowest BCUT2D eigenvalue weighted by atomic mass is 9.95. The van der Waals surface area contributed by atoms with E-state index in [1.54, 1.807) is 0 Å². The van der Waals surface area contributed by atoms with E-state index >= 15 is 0 Å². The molecule has 0 spiro atoms. The van der Waals surface area contributed by atoms with Crippen molar-refractivity contribution in [2.45, 2.75) is 37.7 Å². The lowest BCUT2D eigenvalue weighted by Crippen LogP contribution is -2.40. The van der Waals surface area contributed by atoms with Crippen LogP contribution in [0.25, 0.3) is 11.3 Å². The second-order valence-corrected chi connectivity index (χ2v) is 8.15. The van der Waals surface area contributed by atoms with Crippen molar-refractivity contribution in [2.75, 3.05) is 6.54 Å². The van der Waals surface area contributed by atoms with Crippen molar-refractivity contribution in [3.63, 3.8) is 0 Å². The van der Waals surface area contributed by atoms with Crippen molar-refractivity contribution in [2.24, 2.45) is 0 Å². The number of pyridine rings is 1. The Balaban J connectivity index is 1.23. The largest absolute Gasteiger partial charge is 0.488 e. The molecule has 5 rings (SSSR count). The molecule has 0 radical (unpaired) electrons. The second-order valence-electron chi connectivity index (χ2n) is 8.15. The van der Waals surface area contributed by atoms with Gasteiger partial charge in [0.25, 0.3) is 0 Å². The number of rotatable bonds is 5. The Kier molecular flexibility index (Phi) is 4.35. The summed E-state index contributed by atoms with van der Waals surface area (Å²) in [4.78, 5) is 17.4. The number of carbonyl (C=O) groups excluding carboxylic acids is 1. The molecule has 2 aromatic carbocycles. The van der Waals surface area contributed by atoms with Crippen LogP contribution in [0.1, 0.15) is 29.5 Å². The van der Waals surface area contributed by atoms with Crippen LogP contribution in [0.2, 0.25) is 0 Å². The number of amides is 1. The molecular formula is C25H24N2O2. The fraction of sp³-hybridized carbons (Fsp3) is 0.280. The SMILES string of the molecule is Cc1ccc(-c2ccc3c(c2)C[C@@H](CNC(=O)C2(c4ccccc4)CC2)O3)nc1. The molecule has 0 bridgehead atoms. The number of aryl methyl sites for hydroxylation is 1. The third-order valence-corrected chi connectivity index (χ3v) is 6.01. The van der Waals surface area contributed by atoms with Crippen LogP contribution in [0.5, 0.6) is 5.75 Å². The van der Waals surface area contributed by atoms with Gasteiger partial charge in [-0.15, -0.1) is 0 Å². The van der Waals surface area contributed by atoms with E-state index in [2.05, 4.69) is 34.6 Å². The summed E-state index contributed by atoms with van der Waals surface area (Å²) in [6, 6.07) is 20.4. The molecule has 1 amide bonds. The molecule has 1 saturated carbocycles. The molecule has 146 valence electrons. The molecule has 0 saturated heterocycles. The van der Waals surface area contributed by atoms with Crippen LogP contribution in [-0.4, -0.2) is 23.5 Å². The lowest BCUT2D eigenvalue weighted by molar-refractivity contribution is -0.123. The summed E-state index contributed by atoms with van der Waals surface area (Å²) in [5, 5.41) is 3.14. The number of benzene rings is 2. The number of hydrogen-bond acceptors (Lipinski definition) is 3. The van der Waals surface area contributed by atoms with Crippen LogP contribution in [0, 0.1) is 6.92 Å². The van der Waals surface area contributed by atoms with Crippen molar-refractivity contribution in [1.82, 2.24) is 10.3 Å². The molecule has 1 aliphatic heterocycles. The summed E-state index contributed by atoms with van der Waals surface area (Å²) in [6.45, 7) is 2.57. The highest BCUT2D eigenvalue weighted by molar-refractivity contribution is 5.91. The van der Waals surface area contributed by atoms with E-state index < -0.39 is 0 Å². The second kappa shape index (κ2) is 7.03.